The van der Waals surface area contributed by atoms with E-state index < -0.39 is 0 Å². The summed E-state index contributed by atoms with van der Waals surface area (Å²) in [5, 5.41) is 3.44. The van der Waals surface area contributed by atoms with Crippen LogP contribution in [0.1, 0.15) is 24.6 Å². The molecule has 1 N–H and O–H groups in total. The Balaban J connectivity index is 1.83. The maximum absolute atomic E-state index is 3.53. The molecule has 0 atom stereocenters. The molecule has 0 radical (unpaired) electrons. The monoisotopic (exact) mass is 316 g/mol. The lowest BCUT2D eigenvalue weighted by molar-refractivity contribution is 0.208. The quantitative estimate of drug-likeness (QED) is 0.896. The van der Waals surface area contributed by atoms with Crippen LogP contribution in [0.4, 0.5) is 0 Å². The molecule has 1 saturated heterocycles. The van der Waals surface area contributed by atoms with Crippen LogP contribution in [0.3, 0.4) is 0 Å². The summed E-state index contributed by atoms with van der Waals surface area (Å²) in [6, 6.07) is 4.39. The number of piperidine rings is 1. The van der Waals surface area contributed by atoms with E-state index in [1.54, 1.807) is 0 Å². The van der Waals surface area contributed by atoms with E-state index in [0.29, 0.717) is 0 Å². The van der Waals surface area contributed by atoms with Gasteiger partial charge < -0.3 is 5.32 Å². The number of rotatable bonds is 5. The van der Waals surface area contributed by atoms with Crippen LogP contribution in [0.25, 0.3) is 0 Å². The van der Waals surface area contributed by atoms with Crippen LogP contribution in [0.15, 0.2) is 15.9 Å². The average molecular weight is 317 g/mol. The van der Waals surface area contributed by atoms with E-state index in [1.165, 1.54) is 41.1 Å². The molecule has 0 amide bonds. The van der Waals surface area contributed by atoms with Crippen molar-refractivity contribution in [1.29, 1.82) is 0 Å². The lowest BCUT2D eigenvalue weighted by atomic mass is 9.97. The molecule has 0 saturated carbocycles. The molecule has 1 aromatic rings. The van der Waals surface area contributed by atoms with Crippen molar-refractivity contribution in [3.8, 4) is 0 Å². The van der Waals surface area contributed by atoms with Crippen molar-refractivity contribution < 1.29 is 0 Å². The van der Waals surface area contributed by atoms with Crippen molar-refractivity contribution in [3.05, 3.63) is 20.8 Å². The largest absolute Gasteiger partial charge is 0.317 e. The number of halogens is 1. The molecule has 1 fully saturated rings. The third-order valence-electron chi connectivity index (χ3n) is 3.43. The maximum atomic E-state index is 3.53. The SMILES string of the molecule is CCN(Cc1ccc(Br)s1)CC1CCNCC1. The molecule has 1 aliphatic heterocycles. The molecule has 17 heavy (non-hydrogen) atoms. The van der Waals surface area contributed by atoms with Crippen molar-refractivity contribution in [2.24, 2.45) is 5.92 Å². The normalized spacial score (nSPS) is 17.8. The molecular weight excluding hydrogens is 296 g/mol. The Morgan fingerprint density at radius 1 is 1.41 bits per heavy atom. The standard InChI is InChI=1S/C13H21BrN2S/c1-2-16(9-11-5-7-15-8-6-11)10-12-3-4-13(14)17-12/h3-4,11,15H,2,5-10H2,1H3. The van der Waals surface area contributed by atoms with Gasteiger partial charge in [-0.05, 0) is 66.5 Å². The molecule has 0 spiro atoms. The second kappa shape index (κ2) is 6.88. The topological polar surface area (TPSA) is 15.3 Å². The summed E-state index contributed by atoms with van der Waals surface area (Å²) in [6.45, 7) is 8.19. The van der Waals surface area contributed by atoms with E-state index in [-0.39, 0.29) is 0 Å². The fraction of sp³-hybridized carbons (Fsp3) is 0.692. The highest BCUT2D eigenvalue weighted by atomic mass is 79.9. The van der Waals surface area contributed by atoms with Gasteiger partial charge in [-0.2, -0.15) is 0 Å². The fourth-order valence-corrected chi connectivity index (χ4v) is 3.92. The van der Waals surface area contributed by atoms with Gasteiger partial charge in [0, 0.05) is 18.0 Å². The molecule has 0 aromatic carbocycles. The minimum atomic E-state index is 0.889. The van der Waals surface area contributed by atoms with Gasteiger partial charge >= 0.3 is 0 Å². The Morgan fingerprint density at radius 2 is 2.18 bits per heavy atom. The predicted molar refractivity (Wildman–Crippen MR) is 78.6 cm³/mol. The number of nitrogens with one attached hydrogen (secondary N) is 1. The zero-order valence-corrected chi connectivity index (χ0v) is 12.8. The highest BCUT2D eigenvalue weighted by Gasteiger charge is 2.16. The van der Waals surface area contributed by atoms with Crippen LogP contribution in [0.2, 0.25) is 0 Å². The molecule has 1 aliphatic rings. The third-order valence-corrected chi connectivity index (χ3v) is 5.04. The summed E-state index contributed by atoms with van der Waals surface area (Å²) >= 11 is 5.39. The highest BCUT2D eigenvalue weighted by molar-refractivity contribution is 9.11. The average Bonchev–Trinajstić information content (AvgIpc) is 2.75. The van der Waals surface area contributed by atoms with Crippen molar-refractivity contribution in [1.82, 2.24) is 10.2 Å². The molecule has 2 nitrogen and oxygen atoms in total. The first-order chi connectivity index (χ1) is 8.28. The zero-order valence-electron chi connectivity index (χ0n) is 10.4. The minimum absolute atomic E-state index is 0.889. The Hall–Kier alpha value is 0.1000. The Labute approximate surface area is 117 Å². The highest BCUT2D eigenvalue weighted by Crippen LogP contribution is 2.24. The van der Waals surface area contributed by atoms with Crippen LogP contribution in [0, 0.1) is 5.92 Å². The van der Waals surface area contributed by atoms with Gasteiger partial charge in [-0.1, -0.05) is 6.92 Å². The van der Waals surface area contributed by atoms with Crippen LogP contribution < -0.4 is 5.32 Å². The lowest BCUT2D eigenvalue weighted by Gasteiger charge is -2.29. The van der Waals surface area contributed by atoms with Gasteiger partial charge in [0.05, 0.1) is 3.79 Å². The molecule has 2 rings (SSSR count). The van der Waals surface area contributed by atoms with Crippen molar-refractivity contribution in [2.45, 2.75) is 26.3 Å². The van der Waals surface area contributed by atoms with Gasteiger partial charge in [0.15, 0.2) is 0 Å². The second-order valence-electron chi connectivity index (χ2n) is 4.73. The number of hydrogen-bond donors (Lipinski definition) is 1. The van der Waals surface area contributed by atoms with Crippen LogP contribution in [-0.4, -0.2) is 31.1 Å². The summed E-state index contributed by atoms with van der Waals surface area (Å²) in [5.74, 6) is 0.889. The number of thiophene rings is 1. The van der Waals surface area contributed by atoms with Gasteiger partial charge in [-0.25, -0.2) is 0 Å². The second-order valence-corrected chi connectivity index (χ2v) is 7.27. The van der Waals surface area contributed by atoms with Crippen LogP contribution in [0.5, 0.6) is 0 Å². The van der Waals surface area contributed by atoms with E-state index in [9.17, 15) is 0 Å². The molecule has 0 aliphatic carbocycles. The van der Waals surface area contributed by atoms with Gasteiger partial charge in [0.1, 0.15) is 0 Å². The van der Waals surface area contributed by atoms with Crippen molar-refractivity contribution in [3.63, 3.8) is 0 Å². The Bertz CT molecular complexity index is 334. The molecule has 4 heteroatoms. The molecular formula is C13H21BrN2S. The van der Waals surface area contributed by atoms with E-state index >= 15 is 0 Å². The van der Waals surface area contributed by atoms with Crippen molar-refractivity contribution in [2.75, 3.05) is 26.2 Å². The van der Waals surface area contributed by atoms with Crippen molar-refractivity contribution >= 4 is 27.3 Å². The van der Waals surface area contributed by atoms with Gasteiger partial charge in [-0.3, -0.25) is 4.90 Å². The molecule has 0 bridgehead atoms. The van der Waals surface area contributed by atoms with E-state index in [2.05, 4.69) is 45.2 Å². The molecule has 0 unspecified atom stereocenters. The third kappa shape index (κ3) is 4.36. The minimum Gasteiger partial charge on any atom is -0.317 e. The summed E-state index contributed by atoms with van der Waals surface area (Å²) in [6.07, 6.45) is 2.68. The predicted octanol–water partition coefficient (Wildman–Crippen LogP) is 3.33. The van der Waals surface area contributed by atoms with E-state index in [4.69, 9.17) is 0 Å². The maximum Gasteiger partial charge on any atom is 0.0701 e. The summed E-state index contributed by atoms with van der Waals surface area (Å²) in [4.78, 5) is 4.04. The number of hydrogen-bond acceptors (Lipinski definition) is 3. The van der Waals surface area contributed by atoms with Crippen LogP contribution >= 0.6 is 27.3 Å². The summed E-state index contributed by atoms with van der Waals surface area (Å²) < 4.78 is 1.24. The van der Waals surface area contributed by atoms with Gasteiger partial charge in [0.2, 0.25) is 0 Å². The summed E-state index contributed by atoms with van der Waals surface area (Å²) in [7, 11) is 0. The van der Waals surface area contributed by atoms with Gasteiger partial charge in [-0.15, -0.1) is 11.3 Å². The lowest BCUT2D eigenvalue weighted by Crippen LogP contribution is -2.35. The first-order valence-corrected chi connectivity index (χ1v) is 8.06. The molecule has 2 heterocycles. The molecule has 1 aromatic heterocycles. The van der Waals surface area contributed by atoms with E-state index in [1.807, 2.05) is 11.3 Å². The first kappa shape index (κ1) is 13.5. The zero-order chi connectivity index (χ0) is 12.1. The van der Waals surface area contributed by atoms with Crippen LogP contribution in [-0.2, 0) is 6.54 Å². The van der Waals surface area contributed by atoms with E-state index in [0.717, 1.165) is 19.0 Å². The number of nitrogens with zero attached hydrogens (tertiary/aromatic N) is 1. The first-order valence-electron chi connectivity index (χ1n) is 6.45. The Morgan fingerprint density at radius 3 is 2.76 bits per heavy atom. The molecule has 96 valence electrons. The summed E-state index contributed by atoms with van der Waals surface area (Å²) in [5.41, 5.74) is 0. The fourth-order valence-electron chi connectivity index (χ4n) is 2.39. The smallest absolute Gasteiger partial charge is 0.0701 e. The van der Waals surface area contributed by atoms with Gasteiger partial charge in [0.25, 0.3) is 0 Å². The Kier molecular flexibility index (Phi) is 5.48.